The molecule has 1 aromatic carbocycles. The zero-order valence-electron chi connectivity index (χ0n) is 14.6. The van der Waals surface area contributed by atoms with Crippen LogP contribution in [-0.2, 0) is 6.42 Å². The van der Waals surface area contributed by atoms with Crippen LogP contribution in [0.15, 0.2) is 48.8 Å². The Kier molecular flexibility index (Phi) is 4.84. The van der Waals surface area contributed by atoms with Gasteiger partial charge in [-0.2, -0.15) is 0 Å². The van der Waals surface area contributed by atoms with E-state index in [1.807, 2.05) is 12.3 Å². The van der Waals surface area contributed by atoms with Crippen LogP contribution in [0.5, 0.6) is 0 Å². The van der Waals surface area contributed by atoms with Crippen molar-refractivity contribution in [3.8, 4) is 0 Å². The number of carbonyl (C=O) groups is 1. The van der Waals surface area contributed by atoms with E-state index in [1.54, 1.807) is 18.3 Å². The number of rotatable bonds is 4. The van der Waals surface area contributed by atoms with E-state index < -0.39 is 0 Å². The number of anilines is 1. The molecule has 0 saturated carbocycles. The minimum atomic E-state index is -0.361. The van der Waals surface area contributed by atoms with Crippen molar-refractivity contribution < 1.29 is 9.18 Å². The van der Waals surface area contributed by atoms with Crippen LogP contribution < -0.4 is 10.6 Å². The fourth-order valence-electron chi connectivity index (χ4n) is 4.27. The summed E-state index contributed by atoms with van der Waals surface area (Å²) in [6, 6.07) is 10.1. The minimum Gasteiger partial charge on any atom is -0.333 e. The maximum absolute atomic E-state index is 13.3. The Labute approximate surface area is 152 Å². The van der Waals surface area contributed by atoms with Gasteiger partial charge in [-0.15, -0.1) is 0 Å². The van der Waals surface area contributed by atoms with Crippen molar-refractivity contribution in [3.05, 3.63) is 60.2 Å². The van der Waals surface area contributed by atoms with Crippen molar-refractivity contribution in [1.82, 2.24) is 15.2 Å². The molecule has 0 radical (unpaired) electrons. The van der Waals surface area contributed by atoms with Gasteiger partial charge >= 0.3 is 6.03 Å². The molecule has 0 aliphatic carbocycles. The van der Waals surface area contributed by atoms with Crippen molar-refractivity contribution in [3.63, 3.8) is 0 Å². The normalized spacial score (nSPS) is 27.1. The molecule has 2 bridgehead atoms. The lowest BCUT2D eigenvalue weighted by molar-refractivity contribution is 0.0184. The first kappa shape index (κ1) is 17.0. The Balaban J connectivity index is 1.46. The van der Waals surface area contributed by atoms with Crippen molar-refractivity contribution in [2.75, 3.05) is 18.4 Å². The molecule has 6 heteroatoms. The number of halogens is 1. The molecule has 1 aromatic heterocycles. The Hall–Kier alpha value is -2.47. The molecule has 3 aliphatic rings. The molecule has 0 unspecified atom stereocenters. The third kappa shape index (κ3) is 3.70. The summed E-state index contributed by atoms with van der Waals surface area (Å²) < 4.78 is 13.3. The molecule has 2 atom stereocenters. The number of aromatic nitrogens is 1. The molecule has 2 N–H and O–H groups in total. The smallest absolute Gasteiger partial charge is 0.319 e. The van der Waals surface area contributed by atoms with Crippen LogP contribution in [-0.4, -0.2) is 41.1 Å². The first-order valence-electron chi connectivity index (χ1n) is 9.15. The van der Waals surface area contributed by atoms with Gasteiger partial charge in [-0.25, -0.2) is 9.18 Å². The number of benzene rings is 1. The summed E-state index contributed by atoms with van der Waals surface area (Å²) in [6.07, 6.45) is 6.75. The highest BCUT2D eigenvalue weighted by atomic mass is 19.1. The Bertz CT molecular complexity index is 761. The average molecular weight is 354 g/mol. The van der Waals surface area contributed by atoms with E-state index in [-0.39, 0.29) is 23.9 Å². The third-order valence-corrected chi connectivity index (χ3v) is 5.51. The van der Waals surface area contributed by atoms with E-state index in [9.17, 15) is 9.18 Å². The van der Waals surface area contributed by atoms with Crippen LogP contribution in [0, 0.1) is 11.7 Å². The molecule has 5 nitrogen and oxygen atoms in total. The minimum absolute atomic E-state index is 0.0891. The first-order valence-corrected chi connectivity index (χ1v) is 9.15. The summed E-state index contributed by atoms with van der Waals surface area (Å²) in [5, 5.41) is 5.91. The number of nitrogens with zero attached hydrogens (tertiary/aromatic N) is 2. The number of fused-ring (bicyclic) bond motifs is 3. The molecule has 0 spiro atoms. The monoisotopic (exact) mass is 354 g/mol. The molecule has 3 fully saturated rings. The van der Waals surface area contributed by atoms with Crippen molar-refractivity contribution >= 4 is 11.7 Å². The topological polar surface area (TPSA) is 57.3 Å². The molecular formula is C20H23FN4O. The number of pyridine rings is 1. The average Bonchev–Trinajstić information content (AvgIpc) is 2.65. The predicted octanol–water partition coefficient (Wildman–Crippen LogP) is 3.05. The molecule has 3 aliphatic heterocycles. The van der Waals surface area contributed by atoms with Crippen LogP contribution in [0.3, 0.4) is 0 Å². The van der Waals surface area contributed by atoms with E-state index in [2.05, 4.69) is 26.6 Å². The lowest BCUT2D eigenvalue weighted by Gasteiger charge is -2.51. The van der Waals surface area contributed by atoms with Gasteiger partial charge in [-0.3, -0.25) is 9.88 Å². The van der Waals surface area contributed by atoms with Crippen LogP contribution in [0.2, 0.25) is 0 Å². The highest BCUT2D eigenvalue weighted by molar-refractivity contribution is 5.89. The molecule has 2 aromatic rings. The largest absolute Gasteiger partial charge is 0.333 e. The van der Waals surface area contributed by atoms with Gasteiger partial charge in [0.2, 0.25) is 0 Å². The lowest BCUT2D eigenvalue weighted by atomic mass is 9.77. The summed E-state index contributed by atoms with van der Waals surface area (Å²) >= 11 is 0. The van der Waals surface area contributed by atoms with Gasteiger partial charge in [0.15, 0.2) is 0 Å². The van der Waals surface area contributed by atoms with Gasteiger partial charge in [0.05, 0.1) is 0 Å². The molecule has 4 heterocycles. The highest BCUT2D eigenvalue weighted by Crippen LogP contribution is 2.34. The fraction of sp³-hybridized carbons (Fsp3) is 0.400. The van der Waals surface area contributed by atoms with E-state index >= 15 is 0 Å². The van der Waals surface area contributed by atoms with Gasteiger partial charge in [0, 0.05) is 30.2 Å². The quantitative estimate of drug-likeness (QED) is 0.887. The van der Waals surface area contributed by atoms with Crippen molar-refractivity contribution in [2.45, 2.75) is 31.3 Å². The van der Waals surface area contributed by atoms with E-state index in [0.29, 0.717) is 11.6 Å². The summed E-state index contributed by atoms with van der Waals surface area (Å²) in [5.74, 6) is 0.125. The van der Waals surface area contributed by atoms with Crippen molar-refractivity contribution in [2.24, 2.45) is 5.92 Å². The highest BCUT2D eigenvalue weighted by Gasteiger charge is 2.42. The number of hydrogen-bond acceptors (Lipinski definition) is 3. The van der Waals surface area contributed by atoms with Gasteiger partial charge in [-0.05, 0) is 68.1 Å². The summed E-state index contributed by atoms with van der Waals surface area (Å²) in [7, 11) is 0. The fourth-order valence-corrected chi connectivity index (χ4v) is 4.27. The van der Waals surface area contributed by atoms with Gasteiger partial charge in [0.25, 0.3) is 0 Å². The van der Waals surface area contributed by atoms with E-state index in [4.69, 9.17) is 0 Å². The van der Waals surface area contributed by atoms with Crippen molar-refractivity contribution in [1.29, 1.82) is 0 Å². The van der Waals surface area contributed by atoms with Gasteiger partial charge in [-0.1, -0.05) is 12.1 Å². The maximum Gasteiger partial charge on any atom is 0.319 e. The van der Waals surface area contributed by atoms with Gasteiger partial charge < -0.3 is 10.6 Å². The number of urea groups is 1. The Morgan fingerprint density at radius 2 is 2.08 bits per heavy atom. The Morgan fingerprint density at radius 3 is 2.81 bits per heavy atom. The van der Waals surface area contributed by atoms with Crippen LogP contribution in [0.4, 0.5) is 14.9 Å². The SMILES string of the molecule is O=C(Nc1cccc(F)c1)N[C@H]1C2CCN(CC2)[C@H]1Cc1cccnc1. The predicted molar refractivity (Wildman–Crippen MR) is 98.4 cm³/mol. The number of carbonyl (C=O) groups excluding carboxylic acids is 1. The van der Waals surface area contributed by atoms with Crippen LogP contribution in [0.25, 0.3) is 0 Å². The molecule has 5 rings (SSSR count). The second-order valence-corrected chi connectivity index (χ2v) is 7.14. The number of piperidine rings is 3. The molecule has 136 valence electrons. The second kappa shape index (κ2) is 7.41. The number of hydrogen-bond donors (Lipinski definition) is 2. The van der Waals surface area contributed by atoms with E-state index in [0.717, 1.165) is 32.4 Å². The molecule has 26 heavy (non-hydrogen) atoms. The molecular weight excluding hydrogens is 331 g/mol. The number of nitrogens with one attached hydrogen (secondary N) is 2. The summed E-state index contributed by atoms with van der Waals surface area (Å²) in [4.78, 5) is 19.2. The lowest BCUT2D eigenvalue weighted by Crippen LogP contribution is -2.64. The second-order valence-electron chi connectivity index (χ2n) is 7.14. The first-order chi connectivity index (χ1) is 12.7. The zero-order valence-corrected chi connectivity index (χ0v) is 14.6. The standard InChI is InChI=1S/C20H23FN4O/c21-16-4-1-5-17(12-16)23-20(26)24-19-15-6-9-25(10-7-15)18(19)11-14-3-2-8-22-13-14/h1-5,8,12-13,15,18-19H,6-7,9-11H2,(H2,23,24,26)/t18-,19-/m0/s1. The van der Waals surface area contributed by atoms with E-state index in [1.165, 1.54) is 17.7 Å². The zero-order chi connectivity index (χ0) is 17.9. The van der Waals surface area contributed by atoms with Gasteiger partial charge in [0.1, 0.15) is 5.82 Å². The maximum atomic E-state index is 13.3. The molecule has 2 amide bonds. The summed E-state index contributed by atoms with van der Waals surface area (Å²) in [6.45, 7) is 2.17. The number of amides is 2. The molecule has 3 saturated heterocycles. The summed E-state index contributed by atoms with van der Waals surface area (Å²) in [5.41, 5.74) is 1.65. The van der Waals surface area contributed by atoms with Crippen LogP contribution in [0.1, 0.15) is 18.4 Å². The Morgan fingerprint density at radius 1 is 1.23 bits per heavy atom. The van der Waals surface area contributed by atoms with Crippen LogP contribution >= 0.6 is 0 Å². The third-order valence-electron chi connectivity index (χ3n) is 5.51.